The molecule has 174 valence electrons. The quantitative estimate of drug-likeness (QED) is 0.493. The Hall–Kier alpha value is -2.87. The Morgan fingerprint density at radius 3 is 2.72 bits per heavy atom. The number of methoxy groups -OCH3 is 1. The number of aryl methyl sites for hydroxylation is 1. The zero-order chi connectivity index (χ0) is 23.1. The van der Waals surface area contributed by atoms with Crippen LogP contribution in [0, 0.1) is 5.41 Å². The summed E-state index contributed by atoms with van der Waals surface area (Å²) >= 11 is 0. The van der Waals surface area contributed by atoms with Crippen LogP contribution in [0.4, 0.5) is 5.69 Å². The van der Waals surface area contributed by atoms with Crippen LogP contribution in [0.15, 0.2) is 23.0 Å². The molecule has 2 aromatic rings. The van der Waals surface area contributed by atoms with Gasteiger partial charge in [-0.3, -0.25) is 14.5 Å². The highest BCUT2D eigenvalue weighted by atomic mass is 16.5. The number of ether oxygens (including phenoxy) is 1. The number of rotatable bonds is 10. The molecule has 0 spiro atoms. The maximum atomic E-state index is 12.7. The van der Waals surface area contributed by atoms with E-state index in [4.69, 9.17) is 10.1 Å². The third-order valence-corrected chi connectivity index (χ3v) is 6.43. The lowest BCUT2D eigenvalue weighted by Crippen LogP contribution is -2.42. The van der Waals surface area contributed by atoms with Crippen molar-refractivity contribution in [1.29, 1.82) is 5.41 Å². The van der Waals surface area contributed by atoms with Crippen molar-refractivity contribution in [2.45, 2.75) is 45.1 Å². The van der Waals surface area contributed by atoms with E-state index in [0.717, 1.165) is 24.7 Å². The molecular formula is C24H35N5O3. The van der Waals surface area contributed by atoms with Crippen LogP contribution >= 0.6 is 0 Å². The molecule has 0 aliphatic heterocycles. The maximum Gasteiger partial charge on any atom is 0.261 e. The van der Waals surface area contributed by atoms with Crippen LogP contribution in [-0.2, 0) is 11.8 Å². The summed E-state index contributed by atoms with van der Waals surface area (Å²) in [5, 5.41) is 14.6. The van der Waals surface area contributed by atoms with Crippen LogP contribution in [0.25, 0.3) is 10.9 Å². The fraction of sp³-hybridized carbons (Fsp3) is 0.542. The van der Waals surface area contributed by atoms with Crippen molar-refractivity contribution in [2.75, 3.05) is 38.6 Å². The number of nitrogens with zero attached hydrogens (tertiary/aromatic N) is 2. The number of amides is 1. The smallest absolute Gasteiger partial charge is 0.261 e. The molecule has 1 heterocycles. The number of likely N-dealkylation sites (N-methyl/N-ethyl adjacent to an activating group) is 1. The van der Waals surface area contributed by atoms with E-state index in [1.54, 1.807) is 26.3 Å². The Bertz CT molecular complexity index is 1010. The highest BCUT2D eigenvalue weighted by molar-refractivity contribution is 6.02. The molecule has 0 saturated heterocycles. The number of hydrogen-bond donors (Lipinski definition) is 3. The highest BCUT2D eigenvalue weighted by Crippen LogP contribution is 2.28. The fourth-order valence-corrected chi connectivity index (χ4v) is 4.62. The first-order valence-corrected chi connectivity index (χ1v) is 11.5. The van der Waals surface area contributed by atoms with Crippen LogP contribution in [0.5, 0.6) is 5.75 Å². The molecule has 0 atom stereocenters. The Morgan fingerprint density at radius 2 is 2.06 bits per heavy atom. The van der Waals surface area contributed by atoms with E-state index in [2.05, 4.69) is 22.5 Å². The minimum absolute atomic E-state index is 0.0237. The molecular weight excluding hydrogens is 406 g/mol. The molecule has 32 heavy (non-hydrogen) atoms. The van der Waals surface area contributed by atoms with Gasteiger partial charge < -0.3 is 25.3 Å². The fourth-order valence-electron chi connectivity index (χ4n) is 4.62. The summed E-state index contributed by atoms with van der Waals surface area (Å²) in [6.45, 7) is 4.61. The molecule has 1 saturated carbocycles. The average molecular weight is 442 g/mol. The summed E-state index contributed by atoms with van der Waals surface area (Å²) < 4.78 is 6.83. The predicted molar refractivity (Wildman–Crippen MR) is 129 cm³/mol. The Balaban J connectivity index is 1.67. The van der Waals surface area contributed by atoms with Crippen molar-refractivity contribution in [3.8, 4) is 5.75 Å². The minimum atomic E-state index is -0.286. The first kappa shape index (κ1) is 23.8. The van der Waals surface area contributed by atoms with Gasteiger partial charge in [0.1, 0.15) is 5.75 Å². The molecule has 8 nitrogen and oxygen atoms in total. The molecule has 1 amide bonds. The maximum absolute atomic E-state index is 12.7. The molecule has 8 heteroatoms. The van der Waals surface area contributed by atoms with Gasteiger partial charge in [0.05, 0.1) is 30.4 Å². The first-order chi connectivity index (χ1) is 15.5. The molecule has 3 N–H and O–H groups in total. The van der Waals surface area contributed by atoms with Crippen molar-refractivity contribution in [3.05, 3.63) is 34.1 Å². The number of anilines is 1. The summed E-state index contributed by atoms with van der Waals surface area (Å²) in [4.78, 5) is 27.7. The SMILES string of the molecule is CCN(CCNC(=O)CNc1c(C=N)c(=O)n(C)c2ccc(OC)cc12)C1CCCCC1. The molecule has 1 aliphatic carbocycles. The van der Waals surface area contributed by atoms with E-state index in [1.165, 1.54) is 36.7 Å². The zero-order valence-corrected chi connectivity index (χ0v) is 19.4. The van der Waals surface area contributed by atoms with Crippen molar-refractivity contribution in [3.63, 3.8) is 0 Å². The topological polar surface area (TPSA) is 99.5 Å². The lowest BCUT2D eigenvalue weighted by molar-refractivity contribution is -0.119. The largest absolute Gasteiger partial charge is 0.497 e. The summed E-state index contributed by atoms with van der Waals surface area (Å²) in [5.74, 6) is 0.499. The van der Waals surface area contributed by atoms with E-state index < -0.39 is 0 Å². The predicted octanol–water partition coefficient (Wildman–Crippen LogP) is 2.73. The van der Waals surface area contributed by atoms with E-state index in [0.29, 0.717) is 29.5 Å². The molecule has 0 radical (unpaired) electrons. The minimum Gasteiger partial charge on any atom is -0.497 e. The van der Waals surface area contributed by atoms with Crippen LogP contribution in [0.1, 0.15) is 44.6 Å². The lowest BCUT2D eigenvalue weighted by Gasteiger charge is -2.33. The number of hydrogen-bond acceptors (Lipinski definition) is 6. The molecule has 1 aliphatic rings. The zero-order valence-electron chi connectivity index (χ0n) is 19.4. The average Bonchev–Trinajstić information content (AvgIpc) is 2.83. The number of fused-ring (bicyclic) bond motifs is 1. The molecule has 0 unspecified atom stereocenters. The van der Waals surface area contributed by atoms with Gasteiger partial charge in [0.2, 0.25) is 5.91 Å². The monoisotopic (exact) mass is 441 g/mol. The molecule has 0 bridgehead atoms. The molecule has 1 aromatic carbocycles. The van der Waals surface area contributed by atoms with Crippen molar-refractivity contribution in [2.24, 2.45) is 7.05 Å². The molecule has 3 rings (SSSR count). The third kappa shape index (κ3) is 5.30. The van der Waals surface area contributed by atoms with Crippen LogP contribution in [-0.4, -0.2) is 60.9 Å². The summed E-state index contributed by atoms with van der Waals surface area (Å²) in [5.41, 5.74) is 1.11. The van der Waals surface area contributed by atoms with Crippen molar-refractivity contribution in [1.82, 2.24) is 14.8 Å². The van der Waals surface area contributed by atoms with Crippen LogP contribution in [0.3, 0.4) is 0 Å². The van der Waals surface area contributed by atoms with Gasteiger partial charge in [0.15, 0.2) is 0 Å². The third-order valence-electron chi connectivity index (χ3n) is 6.43. The Morgan fingerprint density at radius 1 is 1.31 bits per heavy atom. The van der Waals surface area contributed by atoms with Crippen molar-refractivity contribution >= 4 is 28.7 Å². The molecule has 1 aromatic heterocycles. The second kappa shape index (κ2) is 11.1. The second-order valence-corrected chi connectivity index (χ2v) is 8.30. The van der Waals surface area contributed by atoms with Gasteiger partial charge in [-0.1, -0.05) is 26.2 Å². The number of aromatic nitrogens is 1. The van der Waals surface area contributed by atoms with Gasteiger partial charge in [-0.2, -0.15) is 0 Å². The van der Waals surface area contributed by atoms with E-state index in [-0.39, 0.29) is 23.6 Å². The number of carbonyl (C=O) groups excluding carboxylic acids is 1. The molecule has 1 fully saturated rings. The van der Waals surface area contributed by atoms with Gasteiger partial charge in [-0.25, -0.2) is 0 Å². The van der Waals surface area contributed by atoms with Gasteiger partial charge >= 0.3 is 0 Å². The summed E-state index contributed by atoms with van der Waals surface area (Å²) in [6, 6.07) is 6.03. The van der Waals surface area contributed by atoms with Gasteiger partial charge in [0, 0.05) is 37.8 Å². The van der Waals surface area contributed by atoms with Crippen LogP contribution < -0.4 is 20.9 Å². The number of pyridine rings is 1. The Labute approximate surface area is 189 Å². The number of benzene rings is 1. The first-order valence-electron chi connectivity index (χ1n) is 11.5. The normalized spacial score (nSPS) is 14.5. The highest BCUT2D eigenvalue weighted by Gasteiger charge is 2.20. The summed E-state index contributed by atoms with van der Waals surface area (Å²) in [7, 11) is 3.25. The van der Waals surface area contributed by atoms with E-state index in [1.807, 2.05) is 6.07 Å². The van der Waals surface area contributed by atoms with Crippen molar-refractivity contribution < 1.29 is 9.53 Å². The van der Waals surface area contributed by atoms with E-state index in [9.17, 15) is 9.59 Å². The van der Waals surface area contributed by atoms with Gasteiger partial charge in [0.25, 0.3) is 5.56 Å². The number of carbonyl (C=O) groups is 1. The number of nitrogens with one attached hydrogen (secondary N) is 3. The Kier molecular flexibility index (Phi) is 8.27. The summed E-state index contributed by atoms with van der Waals surface area (Å²) in [6.07, 6.45) is 7.44. The second-order valence-electron chi connectivity index (χ2n) is 8.30. The van der Waals surface area contributed by atoms with E-state index >= 15 is 0 Å². The van der Waals surface area contributed by atoms with Gasteiger partial charge in [-0.15, -0.1) is 0 Å². The van der Waals surface area contributed by atoms with Crippen LogP contribution in [0.2, 0.25) is 0 Å². The lowest BCUT2D eigenvalue weighted by atomic mass is 9.94. The standard InChI is InChI=1S/C24H35N5O3/c1-4-29(17-8-6-5-7-9-17)13-12-26-22(30)16-27-23-19-14-18(32-3)10-11-21(19)28(2)24(31)20(23)15-25/h10-11,14-15,17,25,27H,4-9,12-13,16H2,1-3H3,(H,26,30). The van der Waals surface area contributed by atoms with Gasteiger partial charge in [-0.05, 0) is 37.6 Å².